The highest BCUT2D eigenvalue weighted by Crippen LogP contribution is 2.02. The number of carbonyl (C=O) groups is 1. The Morgan fingerprint density at radius 1 is 1.73 bits per heavy atom. The zero-order valence-electron chi connectivity index (χ0n) is 9.12. The summed E-state index contributed by atoms with van der Waals surface area (Å²) in [6, 6.07) is 1.68. The molecule has 0 bridgehead atoms. The molecule has 1 atom stereocenters. The summed E-state index contributed by atoms with van der Waals surface area (Å²) in [5, 5.41) is 14.8. The normalized spacial score (nSPS) is 20.8. The van der Waals surface area contributed by atoms with Crippen molar-refractivity contribution in [3.63, 3.8) is 0 Å². The number of hydrogen-bond acceptors (Lipinski definition) is 3. The predicted molar refractivity (Wildman–Crippen MR) is 57.3 cm³/mol. The van der Waals surface area contributed by atoms with Crippen molar-refractivity contribution in [1.82, 2.24) is 15.5 Å². The van der Waals surface area contributed by atoms with E-state index in [1.54, 1.807) is 4.90 Å². The van der Waals surface area contributed by atoms with E-state index < -0.39 is 0 Å². The maximum absolute atomic E-state index is 11.7. The first kappa shape index (κ1) is 11.8. The lowest BCUT2D eigenvalue weighted by Gasteiger charge is -2.31. The first-order chi connectivity index (χ1) is 7.29. The molecule has 2 amide bonds. The zero-order valence-corrected chi connectivity index (χ0v) is 9.12. The fourth-order valence-electron chi connectivity index (χ4n) is 1.54. The molecule has 1 rings (SSSR count). The highest BCUT2D eigenvalue weighted by molar-refractivity contribution is 5.75. The number of carbonyl (C=O) groups excluding carboxylic acids is 1. The van der Waals surface area contributed by atoms with E-state index in [1.165, 1.54) is 0 Å². The van der Waals surface area contributed by atoms with Crippen LogP contribution >= 0.6 is 0 Å². The van der Waals surface area contributed by atoms with Gasteiger partial charge in [-0.05, 0) is 6.42 Å². The summed E-state index contributed by atoms with van der Waals surface area (Å²) in [5.74, 6) is 0. The van der Waals surface area contributed by atoms with E-state index in [0.717, 1.165) is 19.4 Å². The molecule has 0 aromatic rings. The Balaban J connectivity index is 2.39. The lowest BCUT2D eigenvalue weighted by Crippen LogP contribution is -2.55. The molecule has 1 aliphatic heterocycles. The number of nitrogens with one attached hydrogen (secondary N) is 2. The van der Waals surface area contributed by atoms with E-state index >= 15 is 0 Å². The maximum Gasteiger partial charge on any atom is 0.318 e. The average molecular weight is 210 g/mol. The van der Waals surface area contributed by atoms with Gasteiger partial charge in [0.2, 0.25) is 0 Å². The first-order valence-corrected chi connectivity index (χ1v) is 5.44. The minimum absolute atomic E-state index is 0.114. The van der Waals surface area contributed by atoms with E-state index in [2.05, 4.69) is 23.6 Å². The van der Waals surface area contributed by atoms with Gasteiger partial charge in [-0.25, -0.2) is 4.79 Å². The SMILES string of the molecule is CCCCNC(=O)N1CCNCC1C#N. The summed E-state index contributed by atoms with van der Waals surface area (Å²) in [5.41, 5.74) is 0. The molecule has 0 aromatic heterocycles. The molecule has 0 aromatic carbocycles. The van der Waals surface area contributed by atoms with E-state index in [0.29, 0.717) is 19.6 Å². The van der Waals surface area contributed by atoms with Crippen molar-refractivity contribution in [2.45, 2.75) is 25.8 Å². The molecule has 1 unspecified atom stereocenters. The number of unbranched alkanes of at least 4 members (excludes halogenated alkanes) is 1. The third kappa shape index (κ3) is 3.40. The molecule has 2 N–H and O–H groups in total. The lowest BCUT2D eigenvalue weighted by atomic mass is 10.2. The molecule has 0 spiro atoms. The van der Waals surface area contributed by atoms with Crippen LogP contribution in [0.25, 0.3) is 0 Å². The minimum Gasteiger partial charge on any atom is -0.338 e. The molecule has 1 saturated heterocycles. The molecule has 0 saturated carbocycles. The topological polar surface area (TPSA) is 68.2 Å². The summed E-state index contributed by atoms with van der Waals surface area (Å²) in [6.45, 7) is 4.71. The molecule has 84 valence electrons. The Kier molecular flexibility index (Phi) is 4.91. The van der Waals surface area contributed by atoms with Crippen LogP contribution in [0.15, 0.2) is 0 Å². The second kappa shape index (κ2) is 6.25. The number of nitrogens with zero attached hydrogens (tertiary/aromatic N) is 2. The largest absolute Gasteiger partial charge is 0.338 e. The van der Waals surface area contributed by atoms with E-state index in [-0.39, 0.29) is 12.1 Å². The predicted octanol–water partition coefficient (Wildman–Crippen LogP) is 0.293. The smallest absolute Gasteiger partial charge is 0.318 e. The van der Waals surface area contributed by atoms with Gasteiger partial charge < -0.3 is 15.5 Å². The second-order valence-corrected chi connectivity index (χ2v) is 3.63. The van der Waals surface area contributed by atoms with Crippen LogP contribution < -0.4 is 10.6 Å². The van der Waals surface area contributed by atoms with Crippen LogP contribution in [-0.4, -0.2) is 43.2 Å². The molecule has 1 fully saturated rings. The third-order valence-corrected chi connectivity index (χ3v) is 2.46. The summed E-state index contributed by atoms with van der Waals surface area (Å²) in [6.07, 6.45) is 2.04. The molecule has 15 heavy (non-hydrogen) atoms. The van der Waals surface area contributed by atoms with Crippen LogP contribution in [0.1, 0.15) is 19.8 Å². The van der Waals surface area contributed by atoms with Gasteiger partial charge in [-0.15, -0.1) is 0 Å². The van der Waals surface area contributed by atoms with Gasteiger partial charge in [0.05, 0.1) is 6.07 Å². The Morgan fingerprint density at radius 3 is 3.20 bits per heavy atom. The number of hydrogen-bond donors (Lipinski definition) is 2. The molecular formula is C10H18N4O. The Hall–Kier alpha value is -1.28. The monoisotopic (exact) mass is 210 g/mol. The third-order valence-electron chi connectivity index (χ3n) is 2.46. The number of piperazine rings is 1. The summed E-state index contributed by atoms with van der Waals surface area (Å²) >= 11 is 0. The van der Waals surface area contributed by atoms with Crippen molar-refractivity contribution >= 4 is 6.03 Å². The van der Waals surface area contributed by atoms with E-state index in [4.69, 9.17) is 5.26 Å². The van der Waals surface area contributed by atoms with Crippen LogP contribution in [-0.2, 0) is 0 Å². The van der Waals surface area contributed by atoms with Crippen molar-refractivity contribution in [3.8, 4) is 6.07 Å². The van der Waals surface area contributed by atoms with Crippen molar-refractivity contribution in [1.29, 1.82) is 5.26 Å². The summed E-state index contributed by atoms with van der Waals surface area (Å²) in [7, 11) is 0. The summed E-state index contributed by atoms with van der Waals surface area (Å²) in [4.78, 5) is 13.3. The highest BCUT2D eigenvalue weighted by Gasteiger charge is 2.25. The molecule has 1 heterocycles. The number of rotatable bonds is 3. The van der Waals surface area contributed by atoms with Crippen LogP contribution in [0, 0.1) is 11.3 Å². The number of urea groups is 1. The quantitative estimate of drug-likeness (QED) is 0.658. The van der Waals surface area contributed by atoms with Crippen molar-refractivity contribution in [2.24, 2.45) is 0 Å². The van der Waals surface area contributed by atoms with Crippen LogP contribution in [0.2, 0.25) is 0 Å². The van der Waals surface area contributed by atoms with Gasteiger partial charge >= 0.3 is 6.03 Å². The fourth-order valence-corrected chi connectivity index (χ4v) is 1.54. The number of amides is 2. The van der Waals surface area contributed by atoms with E-state index in [1.807, 2.05) is 0 Å². The van der Waals surface area contributed by atoms with Gasteiger partial charge in [-0.1, -0.05) is 13.3 Å². The van der Waals surface area contributed by atoms with Gasteiger partial charge in [0.1, 0.15) is 6.04 Å². The first-order valence-electron chi connectivity index (χ1n) is 5.44. The maximum atomic E-state index is 11.7. The Morgan fingerprint density at radius 2 is 2.53 bits per heavy atom. The zero-order chi connectivity index (χ0) is 11.1. The van der Waals surface area contributed by atoms with Gasteiger partial charge in [-0.3, -0.25) is 0 Å². The molecule has 5 nitrogen and oxygen atoms in total. The summed E-state index contributed by atoms with van der Waals surface area (Å²) < 4.78 is 0. The second-order valence-electron chi connectivity index (χ2n) is 3.63. The van der Waals surface area contributed by atoms with Crippen molar-refractivity contribution in [2.75, 3.05) is 26.2 Å². The minimum atomic E-state index is -0.333. The molecule has 0 radical (unpaired) electrons. The molecule has 0 aliphatic carbocycles. The Labute approximate surface area is 90.4 Å². The van der Waals surface area contributed by atoms with Gasteiger partial charge in [-0.2, -0.15) is 5.26 Å². The highest BCUT2D eigenvalue weighted by atomic mass is 16.2. The van der Waals surface area contributed by atoms with Gasteiger partial charge in [0.25, 0.3) is 0 Å². The van der Waals surface area contributed by atoms with Crippen LogP contribution in [0.5, 0.6) is 0 Å². The number of nitriles is 1. The fraction of sp³-hybridized carbons (Fsp3) is 0.800. The Bertz CT molecular complexity index is 248. The molecular weight excluding hydrogens is 192 g/mol. The van der Waals surface area contributed by atoms with Crippen molar-refractivity contribution < 1.29 is 4.79 Å². The van der Waals surface area contributed by atoms with Crippen molar-refractivity contribution in [3.05, 3.63) is 0 Å². The standard InChI is InChI=1S/C10H18N4O/c1-2-3-4-13-10(15)14-6-5-12-8-9(14)7-11/h9,12H,2-6,8H2,1H3,(H,13,15). The van der Waals surface area contributed by atoms with Gasteiger partial charge in [0, 0.05) is 26.2 Å². The van der Waals surface area contributed by atoms with Crippen LogP contribution in [0.3, 0.4) is 0 Å². The van der Waals surface area contributed by atoms with E-state index in [9.17, 15) is 4.79 Å². The molecule has 1 aliphatic rings. The average Bonchev–Trinajstić information content (AvgIpc) is 2.29. The van der Waals surface area contributed by atoms with Crippen LogP contribution in [0.4, 0.5) is 4.79 Å². The van der Waals surface area contributed by atoms with Gasteiger partial charge in [0.15, 0.2) is 0 Å². The molecule has 5 heteroatoms. The lowest BCUT2D eigenvalue weighted by molar-refractivity contribution is 0.175.